The van der Waals surface area contributed by atoms with Crippen molar-refractivity contribution in [2.24, 2.45) is 0 Å². The monoisotopic (exact) mass is 310 g/mol. The lowest BCUT2D eigenvalue weighted by Gasteiger charge is -2.20. The van der Waals surface area contributed by atoms with Crippen LogP contribution in [0.1, 0.15) is 34.1 Å². The fraction of sp³-hybridized carbons (Fsp3) is 0.562. The SMILES string of the molecule is CCSCCCNc1ccccc1NC(=O)OC(C)(C)C. The van der Waals surface area contributed by atoms with Crippen LogP contribution in [-0.4, -0.2) is 29.7 Å². The van der Waals surface area contributed by atoms with Crippen molar-refractivity contribution in [2.45, 2.75) is 39.7 Å². The second-order valence-electron chi connectivity index (χ2n) is 5.65. The van der Waals surface area contributed by atoms with Gasteiger partial charge in [-0.25, -0.2) is 4.79 Å². The molecule has 0 fully saturated rings. The molecule has 5 heteroatoms. The van der Waals surface area contributed by atoms with Gasteiger partial charge >= 0.3 is 6.09 Å². The molecule has 0 saturated carbocycles. The Morgan fingerprint density at radius 3 is 2.52 bits per heavy atom. The van der Waals surface area contributed by atoms with E-state index in [2.05, 4.69) is 17.6 Å². The van der Waals surface area contributed by atoms with Crippen LogP contribution in [0, 0.1) is 0 Å². The average molecular weight is 310 g/mol. The van der Waals surface area contributed by atoms with Gasteiger partial charge in [0.15, 0.2) is 0 Å². The van der Waals surface area contributed by atoms with E-state index in [1.54, 1.807) is 0 Å². The lowest BCUT2D eigenvalue weighted by molar-refractivity contribution is 0.0636. The first-order chi connectivity index (χ1) is 9.92. The highest BCUT2D eigenvalue weighted by molar-refractivity contribution is 7.99. The van der Waals surface area contributed by atoms with E-state index in [0.29, 0.717) is 0 Å². The quantitative estimate of drug-likeness (QED) is 0.723. The van der Waals surface area contributed by atoms with E-state index < -0.39 is 11.7 Å². The highest BCUT2D eigenvalue weighted by atomic mass is 32.2. The fourth-order valence-electron chi connectivity index (χ4n) is 1.70. The summed E-state index contributed by atoms with van der Waals surface area (Å²) in [4.78, 5) is 11.8. The van der Waals surface area contributed by atoms with E-state index in [1.165, 1.54) is 0 Å². The van der Waals surface area contributed by atoms with Crippen LogP contribution < -0.4 is 10.6 Å². The van der Waals surface area contributed by atoms with Gasteiger partial charge in [0.2, 0.25) is 0 Å². The molecule has 0 spiro atoms. The fourth-order valence-corrected chi connectivity index (χ4v) is 2.34. The van der Waals surface area contributed by atoms with Gasteiger partial charge in [-0.05, 0) is 50.8 Å². The summed E-state index contributed by atoms with van der Waals surface area (Å²) < 4.78 is 5.27. The third-order valence-corrected chi connectivity index (χ3v) is 3.53. The zero-order valence-corrected chi connectivity index (χ0v) is 14.2. The average Bonchev–Trinajstić information content (AvgIpc) is 2.38. The first kappa shape index (κ1) is 17.7. The van der Waals surface area contributed by atoms with Gasteiger partial charge in [-0.15, -0.1) is 0 Å². The van der Waals surface area contributed by atoms with Gasteiger partial charge in [0.05, 0.1) is 11.4 Å². The van der Waals surface area contributed by atoms with E-state index in [1.807, 2.05) is 56.8 Å². The molecule has 1 aromatic rings. The summed E-state index contributed by atoms with van der Waals surface area (Å²) in [5.74, 6) is 2.29. The smallest absolute Gasteiger partial charge is 0.412 e. The van der Waals surface area contributed by atoms with Crippen LogP contribution in [0.25, 0.3) is 0 Å². The maximum Gasteiger partial charge on any atom is 0.412 e. The minimum Gasteiger partial charge on any atom is -0.444 e. The van der Waals surface area contributed by atoms with Crippen LogP contribution in [0.3, 0.4) is 0 Å². The molecule has 4 nitrogen and oxygen atoms in total. The first-order valence-electron chi connectivity index (χ1n) is 7.33. The Labute approximate surface area is 132 Å². The third kappa shape index (κ3) is 7.85. The van der Waals surface area contributed by atoms with Crippen molar-refractivity contribution >= 4 is 29.2 Å². The normalized spacial score (nSPS) is 11.0. The molecule has 0 atom stereocenters. The first-order valence-corrected chi connectivity index (χ1v) is 8.48. The van der Waals surface area contributed by atoms with E-state index in [-0.39, 0.29) is 0 Å². The molecule has 2 N–H and O–H groups in total. The molecule has 21 heavy (non-hydrogen) atoms. The number of hydrogen-bond donors (Lipinski definition) is 2. The number of ether oxygens (including phenoxy) is 1. The van der Waals surface area contributed by atoms with Crippen LogP contribution in [-0.2, 0) is 4.74 Å². The number of carbonyl (C=O) groups excluding carboxylic acids is 1. The molecule has 0 unspecified atom stereocenters. The number of anilines is 2. The van der Waals surface area contributed by atoms with Gasteiger partial charge in [-0.3, -0.25) is 5.32 Å². The predicted molar refractivity (Wildman–Crippen MR) is 92.4 cm³/mol. The zero-order chi connectivity index (χ0) is 15.7. The van der Waals surface area contributed by atoms with E-state index in [9.17, 15) is 4.79 Å². The van der Waals surface area contributed by atoms with Gasteiger partial charge in [-0.1, -0.05) is 19.1 Å². The molecular weight excluding hydrogens is 284 g/mol. The number of carbonyl (C=O) groups is 1. The Morgan fingerprint density at radius 2 is 1.90 bits per heavy atom. The minimum absolute atomic E-state index is 0.432. The number of nitrogens with one attached hydrogen (secondary N) is 2. The highest BCUT2D eigenvalue weighted by Gasteiger charge is 2.16. The van der Waals surface area contributed by atoms with Crippen molar-refractivity contribution in [3.63, 3.8) is 0 Å². The van der Waals surface area contributed by atoms with Crippen LogP contribution in [0.15, 0.2) is 24.3 Å². The minimum atomic E-state index is -0.496. The zero-order valence-electron chi connectivity index (χ0n) is 13.4. The number of hydrogen-bond acceptors (Lipinski definition) is 4. The Bertz CT molecular complexity index is 444. The number of thioether (sulfide) groups is 1. The predicted octanol–water partition coefficient (Wildman–Crippen LogP) is 4.59. The maximum atomic E-state index is 11.8. The van der Waals surface area contributed by atoms with Gasteiger partial charge in [0.25, 0.3) is 0 Å². The Morgan fingerprint density at radius 1 is 1.24 bits per heavy atom. The Balaban J connectivity index is 2.52. The van der Waals surface area contributed by atoms with Crippen LogP contribution in [0.4, 0.5) is 16.2 Å². The number of benzene rings is 1. The lowest BCUT2D eigenvalue weighted by atomic mass is 10.2. The van der Waals surface area contributed by atoms with Crippen LogP contribution >= 0.6 is 11.8 Å². The highest BCUT2D eigenvalue weighted by Crippen LogP contribution is 2.22. The standard InChI is InChI=1S/C16H26N2O2S/c1-5-21-12-8-11-17-13-9-6-7-10-14(13)18-15(19)20-16(2,3)4/h6-7,9-10,17H,5,8,11-12H2,1-4H3,(H,18,19). The van der Waals surface area contributed by atoms with E-state index in [0.717, 1.165) is 35.8 Å². The molecule has 0 bridgehead atoms. The van der Waals surface area contributed by atoms with Gasteiger partial charge < -0.3 is 10.1 Å². The summed E-state index contributed by atoms with van der Waals surface area (Å²) in [7, 11) is 0. The summed E-state index contributed by atoms with van der Waals surface area (Å²) in [6.07, 6.45) is 0.664. The molecule has 0 heterocycles. The van der Waals surface area contributed by atoms with Crippen molar-refractivity contribution in [3.05, 3.63) is 24.3 Å². The molecule has 1 rings (SSSR count). The van der Waals surface area contributed by atoms with Crippen molar-refractivity contribution < 1.29 is 9.53 Å². The van der Waals surface area contributed by atoms with Crippen molar-refractivity contribution in [1.29, 1.82) is 0 Å². The molecule has 118 valence electrons. The topological polar surface area (TPSA) is 50.4 Å². The molecule has 0 saturated heterocycles. The molecule has 1 amide bonds. The van der Waals surface area contributed by atoms with Gasteiger partial charge in [0, 0.05) is 6.54 Å². The Hall–Kier alpha value is -1.36. The van der Waals surface area contributed by atoms with Crippen molar-refractivity contribution in [1.82, 2.24) is 0 Å². The third-order valence-electron chi connectivity index (χ3n) is 2.55. The molecule has 0 aliphatic heterocycles. The molecule has 0 aliphatic carbocycles. The van der Waals surface area contributed by atoms with Crippen molar-refractivity contribution in [3.8, 4) is 0 Å². The summed E-state index contributed by atoms with van der Waals surface area (Å²) >= 11 is 1.93. The van der Waals surface area contributed by atoms with E-state index >= 15 is 0 Å². The molecular formula is C16H26N2O2S. The van der Waals surface area contributed by atoms with Gasteiger partial charge in [-0.2, -0.15) is 11.8 Å². The summed E-state index contributed by atoms with van der Waals surface area (Å²) in [6, 6.07) is 7.67. The summed E-state index contributed by atoms with van der Waals surface area (Å²) in [5.41, 5.74) is 1.17. The summed E-state index contributed by atoms with van der Waals surface area (Å²) in [6.45, 7) is 8.60. The molecule has 0 aromatic heterocycles. The number of rotatable bonds is 7. The summed E-state index contributed by atoms with van der Waals surface area (Å²) in [5, 5.41) is 6.15. The molecule has 0 aliphatic rings. The number of para-hydroxylation sites is 2. The molecule has 1 aromatic carbocycles. The maximum absolute atomic E-state index is 11.8. The van der Waals surface area contributed by atoms with Crippen LogP contribution in [0.2, 0.25) is 0 Å². The molecule has 0 radical (unpaired) electrons. The van der Waals surface area contributed by atoms with Gasteiger partial charge in [0.1, 0.15) is 5.60 Å². The Kier molecular flexibility index (Phi) is 7.43. The second-order valence-corrected chi connectivity index (χ2v) is 7.04. The van der Waals surface area contributed by atoms with E-state index in [4.69, 9.17) is 4.74 Å². The second kappa shape index (κ2) is 8.82. The largest absolute Gasteiger partial charge is 0.444 e. The lowest BCUT2D eigenvalue weighted by Crippen LogP contribution is -2.27. The van der Waals surface area contributed by atoms with Crippen LogP contribution in [0.5, 0.6) is 0 Å². The van der Waals surface area contributed by atoms with Crippen molar-refractivity contribution in [2.75, 3.05) is 28.7 Å². The number of amides is 1.